The van der Waals surface area contributed by atoms with Gasteiger partial charge in [0.25, 0.3) is 6.43 Å². The van der Waals surface area contributed by atoms with Crippen molar-refractivity contribution in [1.29, 1.82) is 0 Å². The Morgan fingerprint density at radius 3 is 2.94 bits per heavy atom. The lowest BCUT2D eigenvalue weighted by Crippen LogP contribution is -2.26. The van der Waals surface area contributed by atoms with Crippen molar-refractivity contribution in [3.05, 3.63) is 35.4 Å². The summed E-state index contributed by atoms with van der Waals surface area (Å²) in [6, 6.07) is 6.57. The average molecular weight is 255 g/mol. The maximum atomic E-state index is 12.5. The Morgan fingerprint density at radius 1 is 1.44 bits per heavy atom. The van der Waals surface area contributed by atoms with Crippen LogP contribution in [-0.4, -0.2) is 19.3 Å². The molecule has 1 aliphatic rings. The van der Waals surface area contributed by atoms with E-state index in [1.165, 1.54) is 6.07 Å². The predicted octanol–water partition coefficient (Wildman–Crippen LogP) is 3.14. The van der Waals surface area contributed by atoms with Crippen LogP contribution in [0, 0.1) is 5.92 Å². The first-order valence-corrected chi connectivity index (χ1v) is 6.36. The molecule has 0 saturated carbocycles. The Hall–Kier alpha value is -1.00. The van der Waals surface area contributed by atoms with Crippen molar-refractivity contribution in [2.75, 3.05) is 13.2 Å². The van der Waals surface area contributed by atoms with Gasteiger partial charge in [0.05, 0.1) is 6.10 Å². The lowest BCUT2D eigenvalue weighted by Gasteiger charge is -2.15. The van der Waals surface area contributed by atoms with Crippen molar-refractivity contribution in [3.63, 3.8) is 0 Å². The van der Waals surface area contributed by atoms with E-state index in [1.807, 2.05) is 6.07 Å². The molecule has 0 radical (unpaired) electrons. The van der Waals surface area contributed by atoms with E-state index in [0.29, 0.717) is 18.6 Å². The Labute approximate surface area is 106 Å². The summed E-state index contributed by atoms with van der Waals surface area (Å²) in [6.07, 6.45) is -1.02. The van der Waals surface area contributed by atoms with E-state index in [4.69, 9.17) is 4.74 Å². The van der Waals surface area contributed by atoms with Gasteiger partial charge in [-0.3, -0.25) is 0 Å². The zero-order valence-electron chi connectivity index (χ0n) is 10.5. The molecule has 2 nitrogen and oxygen atoms in total. The third kappa shape index (κ3) is 3.50. The molecule has 0 bridgehead atoms. The molecular formula is C14H19F2NO. The molecule has 2 atom stereocenters. The van der Waals surface area contributed by atoms with Crippen LogP contribution in [0.15, 0.2) is 24.3 Å². The SMILES string of the molecule is CC1OCCC1CNCc1cccc(C(F)F)c1. The minimum absolute atomic E-state index is 0.0897. The predicted molar refractivity (Wildman–Crippen MR) is 66.6 cm³/mol. The van der Waals surface area contributed by atoms with E-state index in [-0.39, 0.29) is 5.56 Å². The Bertz CT molecular complexity index is 384. The van der Waals surface area contributed by atoms with Crippen molar-refractivity contribution < 1.29 is 13.5 Å². The summed E-state index contributed by atoms with van der Waals surface area (Å²) < 4.78 is 30.5. The summed E-state index contributed by atoms with van der Waals surface area (Å²) in [7, 11) is 0. The molecule has 0 aromatic heterocycles. The van der Waals surface area contributed by atoms with Gasteiger partial charge >= 0.3 is 0 Å². The molecule has 1 aliphatic heterocycles. The molecule has 2 unspecified atom stereocenters. The van der Waals surface area contributed by atoms with Crippen LogP contribution in [-0.2, 0) is 11.3 Å². The van der Waals surface area contributed by atoms with Gasteiger partial charge in [-0.15, -0.1) is 0 Å². The van der Waals surface area contributed by atoms with Crippen LogP contribution < -0.4 is 5.32 Å². The number of ether oxygens (including phenoxy) is 1. The van der Waals surface area contributed by atoms with E-state index in [2.05, 4.69) is 12.2 Å². The maximum Gasteiger partial charge on any atom is 0.263 e. The molecule has 1 aromatic rings. The monoisotopic (exact) mass is 255 g/mol. The van der Waals surface area contributed by atoms with Gasteiger partial charge in [-0.05, 0) is 30.9 Å². The van der Waals surface area contributed by atoms with Crippen molar-refractivity contribution >= 4 is 0 Å². The molecular weight excluding hydrogens is 236 g/mol. The third-order valence-corrected chi connectivity index (χ3v) is 3.47. The molecule has 1 saturated heterocycles. The minimum Gasteiger partial charge on any atom is -0.378 e. The van der Waals surface area contributed by atoms with Crippen LogP contribution in [0.4, 0.5) is 8.78 Å². The highest BCUT2D eigenvalue weighted by Crippen LogP contribution is 2.21. The summed E-state index contributed by atoms with van der Waals surface area (Å²) in [6.45, 7) is 4.41. The van der Waals surface area contributed by atoms with Gasteiger partial charge in [0.2, 0.25) is 0 Å². The lowest BCUT2D eigenvalue weighted by molar-refractivity contribution is 0.105. The zero-order valence-corrected chi connectivity index (χ0v) is 10.5. The summed E-state index contributed by atoms with van der Waals surface area (Å²) in [5.74, 6) is 0.531. The second-order valence-electron chi connectivity index (χ2n) is 4.80. The van der Waals surface area contributed by atoms with Crippen LogP contribution in [0.3, 0.4) is 0 Å². The molecule has 0 amide bonds. The molecule has 1 fully saturated rings. The van der Waals surface area contributed by atoms with Crippen molar-refractivity contribution in [3.8, 4) is 0 Å². The maximum absolute atomic E-state index is 12.5. The molecule has 0 aliphatic carbocycles. The zero-order chi connectivity index (χ0) is 13.0. The molecule has 100 valence electrons. The smallest absolute Gasteiger partial charge is 0.263 e. The highest BCUT2D eigenvalue weighted by molar-refractivity contribution is 5.24. The van der Waals surface area contributed by atoms with Gasteiger partial charge in [-0.25, -0.2) is 8.78 Å². The fourth-order valence-electron chi connectivity index (χ4n) is 2.28. The fourth-order valence-corrected chi connectivity index (χ4v) is 2.28. The number of halogens is 2. The summed E-state index contributed by atoms with van der Waals surface area (Å²) in [5, 5.41) is 3.32. The molecule has 0 spiro atoms. The number of hydrogen-bond donors (Lipinski definition) is 1. The quantitative estimate of drug-likeness (QED) is 0.872. The van der Waals surface area contributed by atoms with Crippen molar-refractivity contribution in [2.45, 2.75) is 32.4 Å². The van der Waals surface area contributed by atoms with Crippen LogP contribution in [0.2, 0.25) is 0 Å². The van der Waals surface area contributed by atoms with Crippen LogP contribution in [0.5, 0.6) is 0 Å². The van der Waals surface area contributed by atoms with E-state index in [9.17, 15) is 8.78 Å². The van der Waals surface area contributed by atoms with Gasteiger partial charge in [0.1, 0.15) is 0 Å². The number of nitrogens with one attached hydrogen (secondary N) is 1. The van der Waals surface area contributed by atoms with E-state index in [0.717, 1.165) is 25.1 Å². The van der Waals surface area contributed by atoms with Crippen LogP contribution in [0.25, 0.3) is 0 Å². The Morgan fingerprint density at radius 2 is 2.28 bits per heavy atom. The Balaban J connectivity index is 1.81. The van der Waals surface area contributed by atoms with Gasteiger partial charge in [-0.2, -0.15) is 0 Å². The van der Waals surface area contributed by atoms with Crippen LogP contribution >= 0.6 is 0 Å². The molecule has 1 heterocycles. The molecule has 18 heavy (non-hydrogen) atoms. The lowest BCUT2D eigenvalue weighted by atomic mass is 10.0. The van der Waals surface area contributed by atoms with Crippen molar-refractivity contribution in [2.24, 2.45) is 5.92 Å². The average Bonchev–Trinajstić information content (AvgIpc) is 2.76. The highest BCUT2D eigenvalue weighted by atomic mass is 19.3. The minimum atomic E-state index is -2.40. The number of benzene rings is 1. The standard InChI is InChI=1S/C14H19F2NO/c1-10-13(5-6-18-10)9-17-8-11-3-2-4-12(7-11)14(15)16/h2-4,7,10,13-14,17H,5-6,8-9H2,1H3. The highest BCUT2D eigenvalue weighted by Gasteiger charge is 2.23. The molecule has 4 heteroatoms. The number of hydrogen-bond acceptors (Lipinski definition) is 2. The molecule has 2 rings (SSSR count). The molecule has 1 aromatic carbocycles. The summed E-state index contributed by atoms with van der Waals surface area (Å²) in [5.41, 5.74) is 0.992. The van der Waals surface area contributed by atoms with E-state index in [1.54, 1.807) is 12.1 Å². The summed E-state index contributed by atoms with van der Waals surface area (Å²) in [4.78, 5) is 0. The first kappa shape index (κ1) is 13.4. The first-order valence-electron chi connectivity index (χ1n) is 6.36. The van der Waals surface area contributed by atoms with E-state index >= 15 is 0 Å². The second kappa shape index (κ2) is 6.25. The topological polar surface area (TPSA) is 21.3 Å². The van der Waals surface area contributed by atoms with Gasteiger partial charge in [0, 0.05) is 25.3 Å². The third-order valence-electron chi connectivity index (χ3n) is 3.47. The molecule has 1 N–H and O–H groups in total. The van der Waals surface area contributed by atoms with Gasteiger partial charge in [-0.1, -0.05) is 18.2 Å². The largest absolute Gasteiger partial charge is 0.378 e. The number of rotatable bonds is 5. The fraction of sp³-hybridized carbons (Fsp3) is 0.571. The number of alkyl halides is 2. The Kier molecular flexibility index (Phi) is 4.66. The van der Waals surface area contributed by atoms with Crippen LogP contribution in [0.1, 0.15) is 30.9 Å². The van der Waals surface area contributed by atoms with Gasteiger partial charge < -0.3 is 10.1 Å². The first-order chi connectivity index (χ1) is 8.66. The van der Waals surface area contributed by atoms with Gasteiger partial charge in [0.15, 0.2) is 0 Å². The van der Waals surface area contributed by atoms with Crippen molar-refractivity contribution in [1.82, 2.24) is 5.32 Å². The normalized spacial score (nSPS) is 23.8. The summed E-state index contributed by atoms with van der Waals surface area (Å²) >= 11 is 0. The van der Waals surface area contributed by atoms with E-state index < -0.39 is 6.43 Å². The second-order valence-corrected chi connectivity index (χ2v) is 4.80.